The third kappa shape index (κ3) is 5.61. The number of rotatable bonds is 8. The smallest absolute Gasteiger partial charge is 0.350 e. The molecule has 5 rings (SSSR count). The molecule has 1 amide bonds. The Morgan fingerprint density at radius 3 is 3.03 bits per heavy atom. The predicted molar refractivity (Wildman–Crippen MR) is 138 cm³/mol. The summed E-state index contributed by atoms with van der Waals surface area (Å²) in [5.74, 6) is 1.33. The molecule has 1 saturated heterocycles. The molecule has 0 radical (unpaired) electrons. The van der Waals surface area contributed by atoms with Gasteiger partial charge in [0.2, 0.25) is 11.9 Å². The van der Waals surface area contributed by atoms with Crippen LogP contribution >= 0.6 is 11.3 Å². The van der Waals surface area contributed by atoms with Gasteiger partial charge in [0.25, 0.3) is 6.33 Å². The second-order valence-electron chi connectivity index (χ2n) is 8.88. The Hall–Kier alpha value is -3.87. The summed E-state index contributed by atoms with van der Waals surface area (Å²) >= 11 is 1.20. The topological polar surface area (TPSA) is 138 Å². The maximum atomic E-state index is 12.7. The molecule has 2 aliphatic rings. The fourth-order valence-corrected chi connectivity index (χ4v) is 5.30. The fraction of sp³-hybridized carbons (Fsp3) is 0.458. The van der Waals surface area contributed by atoms with E-state index in [2.05, 4.69) is 30.8 Å². The van der Waals surface area contributed by atoms with E-state index in [1.54, 1.807) is 26.4 Å². The van der Waals surface area contributed by atoms with Gasteiger partial charge in [-0.2, -0.15) is 9.97 Å². The largest absolute Gasteiger partial charge is 0.462 e. The average Bonchev–Trinajstić information content (AvgIpc) is 3.39. The van der Waals surface area contributed by atoms with E-state index in [9.17, 15) is 9.59 Å². The van der Waals surface area contributed by atoms with Gasteiger partial charge in [0, 0.05) is 24.7 Å². The highest BCUT2D eigenvalue weighted by atomic mass is 32.1. The van der Waals surface area contributed by atoms with Crippen molar-refractivity contribution in [1.29, 1.82) is 0 Å². The van der Waals surface area contributed by atoms with E-state index in [0.717, 1.165) is 43.6 Å². The number of carbonyl (C=O) groups is 2. The van der Waals surface area contributed by atoms with Crippen LogP contribution in [0.25, 0.3) is 0 Å². The Balaban J connectivity index is 1.46. The van der Waals surface area contributed by atoms with Gasteiger partial charge in [0.15, 0.2) is 11.8 Å². The molecule has 0 spiro atoms. The molecule has 2 aliphatic heterocycles. The van der Waals surface area contributed by atoms with Gasteiger partial charge in [0.1, 0.15) is 28.8 Å². The van der Waals surface area contributed by atoms with E-state index in [1.807, 2.05) is 16.8 Å². The van der Waals surface area contributed by atoms with Crippen molar-refractivity contribution >= 4 is 45.9 Å². The van der Waals surface area contributed by atoms with Crippen molar-refractivity contribution in [3.63, 3.8) is 0 Å². The number of nitrogens with zero attached hydrogens (tertiary/aromatic N) is 6. The summed E-state index contributed by atoms with van der Waals surface area (Å²) in [5, 5.41) is 10.0. The maximum Gasteiger partial charge on any atom is 0.350 e. The zero-order valence-electron chi connectivity index (χ0n) is 20.9. The number of hydrogen-bond donors (Lipinski definition) is 3. The van der Waals surface area contributed by atoms with E-state index in [1.165, 1.54) is 11.3 Å². The molecule has 3 aromatic rings. The minimum absolute atomic E-state index is 0.0187. The van der Waals surface area contributed by atoms with Crippen molar-refractivity contribution in [3.05, 3.63) is 40.9 Å². The summed E-state index contributed by atoms with van der Waals surface area (Å²) in [5.41, 5.74) is 1.55. The lowest BCUT2D eigenvalue weighted by Crippen LogP contribution is -2.43. The highest BCUT2D eigenvalue weighted by molar-refractivity contribution is 7.17. The number of fused-ring (bicyclic) bond motifs is 1. The molecule has 1 fully saturated rings. The quantitative estimate of drug-likeness (QED) is 0.296. The number of amides is 1. The lowest BCUT2D eigenvalue weighted by atomic mass is 10.1. The number of hydrogen-bond acceptors (Lipinski definition) is 11. The summed E-state index contributed by atoms with van der Waals surface area (Å²) < 4.78 is 7.12. The molecule has 12 nitrogen and oxygen atoms in total. The van der Waals surface area contributed by atoms with Crippen LogP contribution in [0.1, 0.15) is 47.1 Å². The van der Waals surface area contributed by atoms with Crippen LogP contribution in [0, 0.1) is 6.92 Å². The van der Waals surface area contributed by atoms with Crippen LogP contribution in [0.3, 0.4) is 0 Å². The second-order valence-corrected chi connectivity index (χ2v) is 9.88. The van der Waals surface area contributed by atoms with Crippen LogP contribution in [0.4, 0.5) is 22.7 Å². The number of thiazole rings is 1. The van der Waals surface area contributed by atoms with E-state index in [-0.39, 0.29) is 11.9 Å². The van der Waals surface area contributed by atoms with E-state index in [0.29, 0.717) is 47.3 Å². The van der Waals surface area contributed by atoms with Crippen LogP contribution in [0.5, 0.6) is 0 Å². The Morgan fingerprint density at radius 2 is 2.22 bits per heavy atom. The van der Waals surface area contributed by atoms with Crippen LogP contribution < -0.4 is 25.4 Å². The van der Waals surface area contributed by atoms with Crippen molar-refractivity contribution in [2.75, 3.05) is 35.2 Å². The van der Waals surface area contributed by atoms with Crippen molar-refractivity contribution < 1.29 is 18.9 Å². The summed E-state index contributed by atoms with van der Waals surface area (Å²) in [6.07, 6.45) is 8.85. The number of anilines is 4. The first kappa shape index (κ1) is 24.8. The second kappa shape index (κ2) is 11.0. The minimum Gasteiger partial charge on any atom is -0.462 e. The SMILES string of the molecule is CCOC(=O)c1sc(Nc2nc(NC3CCCCNC3=O)c3c(n2)N(C[n+]2cccnc2)CC3)nc1C. The Bertz CT molecular complexity index is 1280. The lowest BCUT2D eigenvalue weighted by Gasteiger charge is -2.20. The van der Waals surface area contributed by atoms with Crippen molar-refractivity contribution in [3.8, 4) is 0 Å². The van der Waals surface area contributed by atoms with Crippen LogP contribution in [-0.4, -0.2) is 57.6 Å². The number of nitrogens with one attached hydrogen (secondary N) is 3. The van der Waals surface area contributed by atoms with E-state index < -0.39 is 5.97 Å². The monoisotopic (exact) mass is 524 g/mol. The van der Waals surface area contributed by atoms with Crippen LogP contribution in [-0.2, 0) is 22.6 Å². The fourth-order valence-electron chi connectivity index (χ4n) is 4.45. The summed E-state index contributed by atoms with van der Waals surface area (Å²) in [7, 11) is 0. The molecule has 5 heterocycles. The molecular formula is C24H30N9O3S+. The number of ether oxygens (including phenoxy) is 1. The molecule has 13 heteroatoms. The summed E-state index contributed by atoms with van der Waals surface area (Å²) in [6.45, 7) is 5.84. The third-order valence-electron chi connectivity index (χ3n) is 6.24. The molecule has 37 heavy (non-hydrogen) atoms. The lowest BCUT2D eigenvalue weighted by molar-refractivity contribution is -0.698. The zero-order valence-corrected chi connectivity index (χ0v) is 21.7. The first-order valence-corrected chi connectivity index (χ1v) is 13.2. The van der Waals surface area contributed by atoms with E-state index in [4.69, 9.17) is 14.7 Å². The van der Waals surface area contributed by atoms with Crippen molar-refractivity contribution in [2.45, 2.75) is 52.2 Å². The molecule has 3 aromatic heterocycles. The number of aryl methyl sites for hydroxylation is 1. The van der Waals surface area contributed by atoms with Gasteiger partial charge in [-0.3, -0.25) is 10.1 Å². The van der Waals surface area contributed by atoms with Gasteiger partial charge in [-0.15, -0.1) is 0 Å². The maximum absolute atomic E-state index is 12.7. The molecule has 0 bridgehead atoms. The van der Waals surface area contributed by atoms with Gasteiger partial charge in [-0.25, -0.2) is 14.3 Å². The van der Waals surface area contributed by atoms with Gasteiger partial charge in [-0.05, 0) is 39.5 Å². The summed E-state index contributed by atoms with van der Waals surface area (Å²) in [6, 6.07) is 1.52. The van der Waals surface area contributed by atoms with Gasteiger partial charge in [-0.1, -0.05) is 16.3 Å². The molecule has 0 saturated carbocycles. The molecule has 0 aliphatic carbocycles. The third-order valence-corrected chi connectivity index (χ3v) is 7.29. The number of aromatic nitrogens is 5. The molecule has 0 aromatic carbocycles. The predicted octanol–water partition coefficient (Wildman–Crippen LogP) is 1.95. The molecule has 1 unspecified atom stereocenters. The Labute approximate surface area is 218 Å². The normalized spacial score (nSPS) is 17.1. The molecule has 3 N–H and O–H groups in total. The minimum atomic E-state index is -0.401. The highest BCUT2D eigenvalue weighted by Crippen LogP contribution is 2.34. The highest BCUT2D eigenvalue weighted by Gasteiger charge is 2.30. The number of esters is 1. The average molecular weight is 525 g/mol. The van der Waals surface area contributed by atoms with E-state index >= 15 is 0 Å². The first-order valence-electron chi connectivity index (χ1n) is 12.4. The molecular weight excluding hydrogens is 494 g/mol. The van der Waals surface area contributed by atoms with Crippen molar-refractivity contribution in [1.82, 2.24) is 25.3 Å². The number of carbonyl (C=O) groups excluding carboxylic acids is 2. The standard InChI is InChI=1S/C24H29N9O3S/c1-3-36-22(35)18-15(2)27-24(37-18)31-23-29-19(28-17-7-4-5-10-26-21(17)34)16-8-12-33(20(16)30-23)14-32-11-6-9-25-13-32/h6,9,11,13,17H,3-5,7-8,10,12,14H2,1-2H3,(H2-,26,27,28,29,30,31,34,35)/p+1. The first-order chi connectivity index (χ1) is 18.0. The van der Waals surface area contributed by atoms with Gasteiger partial charge >= 0.3 is 5.97 Å². The van der Waals surface area contributed by atoms with Gasteiger partial charge in [0.05, 0.1) is 18.5 Å². The Morgan fingerprint density at radius 1 is 1.32 bits per heavy atom. The molecule has 1 atom stereocenters. The summed E-state index contributed by atoms with van der Waals surface area (Å²) in [4.78, 5) is 45.7. The van der Waals surface area contributed by atoms with Gasteiger partial charge < -0.3 is 20.3 Å². The molecule has 194 valence electrons. The van der Waals surface area contributed by atoms with Crippen molar-refractivity contribution in [2.24, 2.45) is 0 Å². The van der Waals surface area contributed by atoms with Crippen LogP contribution in [0.15, 0.2) is 24.8 Å². The zero-order chi connectivity index (χ0) is 25.8. The van der Waals surface area contributed by atoms with Crippen LogP contribution in [0.2, 0.25) is 0 Å². The Kier molecular flexibility index (Phi) is 7.40.